The zero-order chi connectivity index (χ0) is 24.9. The molecule has 196 valence electrons. The van der Waals surface area contributed by atoms with Crippen LogP contribution in [0.15, 0.2) is 12.3 Å². The average Bonchev–Trinajstić information content (AvgIpc) is 3.28. The molecule has 2 aromatic heterocycles. The Hall–Kier alpha value is -2.19. The number of anilines is 2. The van der Waals surface area contributed by atoms with E-state index in [4.69, 9.17) is 0 Å². The Balaban J connectivity index is 1.41. The SMILES string of the molecule is O=C(NC1CCCCCCCCC1)c1sc2nccc3c2c1NC(=O)N3C1CCCCCCC(O)C1. The topological polar surface area (TPSA) is 94.6 Å². The Morgan fingerprint density at radius 1 is 0.972 bits per heavy atom. The zero-order valence-corrected chi connectivity index (χ0v) is 22.1. The van der Waals surface area contributed by atoms with Gasteiger partial charge in [-0.15, -0.1) is 11.3 Å². The first-order chi connectivity index (χ1) is 17.6. The number of aromatic nitrogens is 1. The van der Waals surface area contributed by atoms with E-state index in [1.807, 2.05) is 11.0 Å². The number of rotatable bonds is 3. The number of nitrogens with zero attached hydrogens (tertiary/aromatic N) is 2. The summed E-state index contributed by atoms with van der Waals surface area (Å²) >= 11 is 1.36. The second kappa shape index (κ2) is 11.9. The highest BCUT2D eigenvalue weighted by Crippen LogP contribution is 2.45. The molecule has 2 saturated carbocycles. The van der Waals surface area contributed by atoms with Gasteiger partial charge in [0.25, 0.3) is 5.91 Å². The fourth-order valence-electron chi connectivity index (χ4n) is 6.23. The largest absolute Gasteiger partial charge is 0.393 e. The van der Waals surface area contributed by atoms with Crippen molar-refractivity contribution in [1.29, 1.82) is 0 Å². The Bertz CT molecular complexity index is 1060. The van der Waals surface area contributed by atoms with Gasteiger partial charge in [0.1, 0.15) is 9.71 Å². The van der Waals surface area contributed by atoms with E-state index < -0.39 is 6.10 Å². The average molecular weight is 513 g/mol. The number of carbonyl (C=O) groups excluding carboxylic acids is 2. The predicted molar refractivity (Wildman–Crippen MR) is 146 cm³/mol. The minimum Gasteiger partial charge on any atom is -0.393 e. The number of pyridine rings is 1. The number of aliphatic hydroxyl groups excluding tert-OH is 1. The Morgan fingerprint density at radius 2 is 1.61 bits per heavy atom. The van der Waals surface area contributed by atoms with Crippen LogP contribution in [0.3, 0.4) is 0 Å². The van der Waals surface area contributed by atoms with Crippen molar-refractivity contribution in [3.8, 4) is 0 Å². The van der Waals surface area contributed by atoms with E-state index in [0.29, 0.717) is 17.0 Å². The zero-order valence-electron chi connectivity index (χ0n) is 21.3. The van der Waals surface area contributed by atoms with Crippen molar-refractivity contribution in [3.63, 3.8) is 0 Å². The molecular weight excluding hydrogens is 472 g/mol. The van der Waals surface area contributed by atoms with Crippen molar-refractivity contribution in [3.05, 3.63) is 17.1 Å². The third-order valence-electron chi connectivity index (χ3n) is 8.16. The molecule has 3 amide bonds. The molecule has 36 heavy (non-hydrogen) atoms. The molecule has 2 fully saturated rings. The lowest BCUT2D eigenvalue weighted by atomic mass is 9.97. The van der Waals surface area contributed by atoms with E-state index in [1.165, 1.54) is 43.4 Å². The standard InChI is InChI=1S/C28H40N4O3S/c33-21-15-11-7-6-10-14-20(18-21)32-22-16-17-29-27-23(22)24(31-28(32)35)25(36-27)26(34)30-19-12-8-4-2-1-3-5-9-13-19/h16-17,19-21,33H,1-15,18H2,(H,30,34)(H,31,35). The van der Waals surface area contributed by atoms with E-state index in [1.54, 1.807) is 6.20 Å². The lowest BCUT2D eigenvalue weighted by Crippen LogP contribution is -2.46. The van der Waals surface area contributed by atoms with E-state index in [-0.39, 0.29) is 24.0 Å². The number of thiophene rings is 1. The normalized spacial score (nSPS) is 24.9. The smallest absolute Gasteiger partial charge is 0.326 e. The summed E-state index contributed by atoms with van der Waals surface area (Å²) < 4.78 is 0. The summed E-state index contributed by atoms with van der Waals surface area (Å²) in [6, 6.07) is 1.78. The van der Waals surface area contributed by atoms with Gasteiger partial charge in [-0.1, -0.05) is 70.6 Å². The molecule has 1 aliphatic heterocycles. The van der Waals surface area contributed by atoms with E-state index >= 15 is 0 Å². The van der Waals surface area contributed by atoms with Crippen molar-refractivity contribution < 1.29 is 14.7 Å². The van der Waals surface area contributed by atoms with Crippen LogP contribution in [0, 0.1) is 0 Å². The number of carbonyl (C=O) groups is 2. The van der Waals surface area contributed by atoms with Crippen molar-refractivity contribution in [1.82, 2.24) is 10.3 Å². The maximum atomic E-state index is 13.5. The maximum absolute atomic E-state index is 13.5. The van der Waals surface area contributed by atoms with Gasteiger partial charge in [0.05, 0.1) is 22.9 Å². The number of urea groups is 1. The summed E-state index contributed by atoms with van der Waals surface area (Å²) in [5, 5.41) is 17.8. The second-order valence-electron chi connectivity index (χ2n) is 10.9. The lowest BCUT2D eigenvalue weighted by Gasteiger charge is -2.36. The number of nitrogens with one attached hydrogen (secondary N) is 2. The monoisotopic (exact) mass is 512 g/mol. The minimum absolute atomic E-state index is 0.0723. The van der Waals surface area contributed by atoms with Gasteiger partial charge in [-0.05, 0) is 38.2 Å². The second-order valence-corrected chi connectivity index (χ2v) is 11.9. The quantitative estimate of drug-likeness (QED) is 0.424. The van der Waals surface area contributed by atoms with E-state index in [0.717, 1.165) is 80.1 Å². The van der Waals surface area contributed by atoms with Crippen LogP contribution in [0.1, 0.15) is 112 Å². The van der Waals surface area contributed by atoms with Gasteiger partial charge in [0.2, 0.25) is 0 Å². The lowest BCUT2D eigenvalue weighted by molar-refractivity contribution is 0.0936. The van der Waals surface area contributed by atoms with Crippen LogP contribution in [0.5, 0.6) is 0 Å². The van der Waals surface area contributed by atoms with Crippen LogP contribution < -0.4 is 15.5 Å². The molecule has 0 bridgehead atoms. The van der Waals surface area contributed by atoms with Crippen LogP contribution in [0.2, 0.25) is 0 Å². The number of hydrogen-bond donors (Lipinski definition) is 3. The highest BCUT2D eigenvalue weighted by molar-refractivity contribution is 7.21. The van der Waals surface area contributed by atoms with Gasteiger partial charge in [0.15, 0.2) is 0 Å². The van der Waals surface area contributed by atoms with Gasteiger partial charge < -0.3 is 15.7 Å². The molecule has 3 heterocycles. The summed E-state index contributed by atoms with van der Waals surface area (Å²) in [6.45, 7) is 0. The van der Waals surface area contributed by atoms with Crippen LogP contribution in [-0.2, 0) is 0 Å². The molecule has 8 heteroatoms. The van der Waals surface area contributed by atoms with Gasteiger partial charge >= 0.3 is 6.03 Å². The van der Waals surface area contributed by atoms with E-state index in [9.17, 15) is 14.7 Å². The van der Waals surface area contributed by atoms with Crippen molar-refractivity contribution in [2.45, 2.75) is 121 Å². The third-order valence-corrected chi connectivity index (χ3v) is 9.26. The highest BCUT2D eigenvalue weighted by Gasteiger charge is 2.36. The predicted octanol–water partition coefficient (Wildman–Crippen LogP) is 6.74. The van der Waals surface area contributed by atoms with Crippen LogP contribution in [-0.4, -0.2) is 40.2 Å². The highest BCUT2D eigenvalue weighted by atomic mass is 32.1. The summed E-state index contributed by atoms with van der Waals surface area (Å²) in [7, 11) is 0. The molecule has 0 aromatic carbocycles. The fraction of sp³-hybridized carbons (Fsp3) is 0.679. The summed E-state index contributed by atoms with van der Waals surface area (Å²) in [6.07, 6.45) is 18.6. The molecule has 0 saturated heterocycles. The summed E-state index contributed by atoms with van der Waals surface area (Å²) in [5.41, 5.74) is 1.41. The molecule has 2 unspecified atom stereocenters. The molecule has 2 aliphatic carbocycles. The molecule has 5 rings (SSSR count). The molecule has 0 radical (unpaired) electrons. The molecule has 3 aliphatic rings. The Morgan fingerprint density at radius 3 is 2.33 bits per heavy atom. The number of amides is 3. The first kappa shape index (κ1) is 25.5. The van der Waals surface area contributed by atoms with Crippen molar-refractivity contribution >= 4 is 44.9 Å². The molecular formula is C28H40N4O3S. The van der Waals surface area contributed by atoms with Gasteiger partial charge in [-0.2, -0.15) is 0 Å². The van der Waals surface area contributed by atoms with Gasteiger partial charge in [0, 0.05) is 18.3 Å². The third kappa shape index (κ3) is 5.70. The summed E-state index contributed by atoms with van der Waals surface area (Å²) in [5.74, 6) is -0.104. The number of hydrogen-bond acceptors (Lipinski definition) is 5. The molecule has 0 spiro atoms. The molecule has 3 N–H and O–H groups in total. The first-order valence-electron chi connectivity index (χ1n) is 14.1. The van der Waals surface area contributed by atoms with Gasteiger partial charge in [-0.3, -0.25) is 9.69 Å². The van der Waals surface area contributed by atoms with Crippen LogP contribution in [0.4, 0.5) is 16.2 Å². The first-order valence-corrected chi connectivity index (χ1v) is 14.9. The van der Waals surface area contributed by atoms with Gasteiger partial charge in [-0.25, -0.2) is 9.78 Å². The number of aliphatic hydroxyl groups is 1. The van der Waals surface area contributed by atoms with Crippen LogP contribution >= 0.6 is 11.3 Å². The van der Waals surface area contributed by atoms with E-state index in [2.05, 4.69) is 15.6 Å². The van der Waals surface area contributed by atoms with Crippen molar-refractivity contribution in [2.75, 3.05) is 10.2 Å². The maximum Gasteiger partial charge on any atom is 0.326 e. The fourth-order valence-corrected chi connectivity index (χ4v) is 7.25. The Labute approximate surface area is 218 Å². The molecule has 7 nitrogen and oxygen atoms in total. The van der Waals surface area contributed by atoms with Crippen LogP contribution in [0.25, 0.3) is 10.2 Å². The summed E-state index contributed by atoms with van der Waals surface area (Å²) in [4.78, 5) is 34.7. The Kier molecular flexibility index (Phi) is 8.42. The van der Waals surface area contributed by atoms with Crippen molar-refractivity contribution in [2.24, 2.45) is 0 Å². The molecule has 2 atom stereocenters. The minimum atomic E-state index is -0.402. The molecule has 2 aromatic rings.